The first-order valence-electron chi connectivity index (χ1n) is 7.97. The molecule has 3 rings (SSSR count). The van der Waals surface area contributed by atoms with Gasteiger partial charge < -0.3 is 9.32 Å². The van der Waals surface area contributed by atoms with E-state index in [0.29, 0.717) is 22.5 Å². The number of benzene rings is 1. The molecule has 0 unspecified atom stereocenters. The van der Waals surface area contributed by atoms with Gasteiger partial charge >= 0.3 is 0 Å². The van der Waals surface area contributed by atoms with Gasteiger partial charge in [0.2, 0.25) is 10.0 Å². The lowest BCUT2D eigenvalue weighted by Gasteiger charge is -2.16. The van der Waals surface area contributed by atoms with Gasteiger partial charge in [-0.15, -0.1) is 11.3 Å². The Balaban J connectivity index is 1.65. The van der Waals surface area contributed by atoms with Crippen LogP contribution in [0.1, 0.15) is 21.0 Å². The molecule has 0 atom stereocenters. The van der Waals surface area contributed by atoms with Gasteiger partial charge in [0.25, 0.3) is 5.91 Å². The lowest BCUT2D eigenvalue weighted by atomic mass is 10.2. The second-order valence-electron chi connectivity index (χ2n) is 5.80. The molecule has 1 amide bonds. The number of rotatable bonds is 7. The zero-order valence-corrected chi connectivity index (χ0v) is 17.6. The molecule has 0 aliphatic carbocycles. The van der Waals surface area contributed by atoms with Crippen LogP contribution in [0.25, 0.3) is 0 Å². The average molecular weight is 469 g/mol. The Bertz CT molecular complexity index is 1010. The second kappa shape index (κ2) is 8.39. The van der Waals surface area contributed by atoms with Crippen molar-refractivity contribution in [1.29, 1.82) is 0 Å². The van der Waals surface area contributed by atoms with Crippen LogP contribution in [0.15, 0.2) is 67.9 Å². The topological polar surface area (TPSA) is 79.6 Å². The van der Waals surface area contributed by atoms with Crippen LogP contribution in [-0.2, 0) is 23.1 Å². The van der Waals surface area contributed by atoms with Gasteiger partial charge in [0.05, 0.1) is 11.4 Å². The van der Waals surface area contributed by atoms with E-state index in [1.807, 2.05) is 17.5 Å². The van der Waals surface area contributed by atoms with Crippen molar-refractivity contribution >= 4 is 43.2 Å². The maximum absolute atomic E-state index is 12.5. The van der Waals surface area contributed by atoms with Crippen LogP contribution in [0, 0.1) is 0 Å². The predicted octanol–water partition coefficient (Wildman–Crippen LogP) is 3.85. The standard InChI is InChI=1S/C18H17BrN2O4S2/c1-21(12-14-6-9-17(19)25-14)18(22)13-4-7-16(8-5-13)27(23,24)20-11-15-3-2-10-26-15/h2-10,20H,11-12H2,1H3. The van der Waals surface area contributed by atoms with Crippen LogP contribution in [0.2, 0.25) is 0 Å². The molecule has 27 heavy (non-hydrogen) atoms. The third-order valence-corrected chi connectivity index (χ3v) is 6.52. The zero-order chi connectivity index (χ0) is 19.4. The van der Waals surface area contributed by atoms with E-state index >= 15 is 0 Å². The minimum absolute atomic E-state index is 0.119. The third kappa shape index (κ3) is 5.07. The smallest absolute Gasteiger partial charge is 0.254 e. The van der Waals surface area contributed by atoms with E-state index in [0.717, 1.165) is 4.88 Å². The van der Waals surface area contributed by atoms with Crippen LogP contribution >= 0.6 is 27.3 Å². The summed E-state index contributed by atoms with van der Waals surface area (Å²) in [6.07, 6.45) is 0. The minimum atomic E-state index is -3.63. The Morgan fingerprint density at radius 2 is 1.93 bits per heavy atom. The minimum Gasteiger partial charge on any atom is -0.452 e. The highest BCUT2D eigenvalue weighted by Gasteiger charge is 2.17. The van der Waals surface area contributed by atoms with Crippen molar-refractivity contribution in [2.45, 2.75) is 18.0 Å². The highest BCUT2D eigenvalue weighted by Crippen LogP contribution is 2.17. The molecule has 0 aliphatic rings. The summed E-state index contributed by atoms with van der Waals surface area (Å²) >= 11 is 4.71. The molecular formula is C18H17BrN2O4S2. The van der Waals surface area contributed by atoms with E-state index in [9.17, 15) is 13.2 Å². The van der Waals surface area contributed by atoms with Crippen LogP contribution in [0.3, 0.4) is 0 Å². The van der Waals surface area contributed by atoms with E-state index in [1.54, 1.807) is 19.2 Å². The van der Waals surface area contributed by atoms with Crippen LogP contribution in [-0.4, -0.2) is 26.3 Å². The molecule has 0 radical (unpaired) electrons. The lowest BCUT2D eigenvalue weighted by molar-refractivity contribution is 0.0775. The molecule has 9 heteroatoms. The van der Waals surface area contributed by atoms with E-state index < -0.39 is 10.0 Å². The fourth-order valence-corrected chi connectivity index (χ4v) is 4.48. The van der Waals surface area contributed by atoms with Gasteiger partial charge in [-0.25, -0.2) is 13.1 Å². The Kier molecular flexibility index (Phi) is 6.15. The van der Waals surface area contributed by atoms with Gasteiger partial charge in [-0.2, -0.15) is 0 Å². The fraction of sp³-hybridized carbons (Fsp3) is 0.167. The van der Waals surface area contributed by atoms with Crippen molar-refractivity contribution in [1.82, 2.24) is 9.62 Å². The fourth-order valence-electron chi connectivity index (χ4n) is 2.40. The lowest BCUT2D eigenvalue weighted by Crippen LogP contribution is -2.26. The van der Waals surface area contributed by atoms with Crippen LogP contribution < -0.4 is 4.72 Å². The number of halogens is 1. The number of amides is 1. The Morgan fingerprint density at radius 3 is 2.52 bits per heavy atom. The molecule has 142 valence electrons. The number of nitrogens with zero attached hydrogens (tertiary/aromatic N) is 1. The number of carbonyl (C=O) groups is 1. The largest absolute Gasteiger partial charge is 0.452 e. The van der Waals surface area contributed by atoms with E-state index in [2.05, 4.69) is 20.7 Å². The summed E-state index contributed by atoms with van der Waals surface area (Å²) in [6.45, 7) is 0.551. The molecular weight excluding hydrogens is 452 g/mol. The van der Waals surface area contributed by atoms with Crippen molar-refractivity contribution in [3.8, 4) is 0 Å². The maximum Gasteiger partial charge on any atom is 0.254 e. The Labute approximate surface area is 170 Å². The molecule has 1 aromatic carbocycles. The molecule has 1 N–H and O–H groups in total. The molecule has 0 bridgehead atoms. The van der Waals surface area contributed by atoms with E-state index in [1.165, 1.54) is 40.5 Å². The van der Waals surface area contributed by atoms with E-state index in [-0.39, 0.29) is 17.3 Å². The quantitative estimate of drug-likeness (QED) is 0.570. The summed E-state index contributed by atoms with van der Waals surface area (Å²) in [5.74, 6) is 0.424. The molecule has 0 saturated heterocycles. The summed E-state index contributed by atoms with van der Waals surface area (Å²) in [7, 11) is -1.97. The molecule has 2 heterocycles. The Morgan fingerprint density at radius 1 is 1.19 bits per heavy atom. The second-order valence-corrected chi connectivity index (χ2v) is 9.38. The Hall–Kier alpha value is -1.94. The van der Waals surface area contributed by atoms with Gasteiger partial charge in [-0.3, -0.25) is 4.79 Å². The number of hydrogen-bond donors (Lipinski definition) is 1. The molecule has 0 fully saturated rings. The molecule has 3 aromatic rings. The number of furan rings is 1. The van der Waals surface area contributed by atoms with Crippen LogP contribution in [0.4, 0.5) is 0 Å². The number of sulfonamides is 1. The first-order chi connectivity index (χ1) is 12.8. The van der Waals surface area contributed by atoms with Crippen molar-refractivity contribution in [3.63, 3.8) is 0 Å². The molecule has 0 saturated carbocycles. The number of carbonyl (C=O) groups excluding carboxylic acids is 1. The molecule has 0 aliphatic heterocycles. The number of thiophene rings is 1. The highest BCUT2D eigenvalue weighted by molar-refractivity contribution is 9.10. The first-order valence-corrected chi connectivity index (χ1v) is 11.1. The van der Waals surface area contributed by atoms with Gasteiger partial charge in [0.1, 0.15) is 5.76 Å². The van der Waals surface area contributed by atoms with E-state index in [4.69, 9.17) is 4.42 Å². The monoisotopic (exact) mass is 468 g/mol. The summed E-state index contributed by atoms with van der Waals surface area (Å²) in [6, 6.07) is 13.2. The van der Waals surface area contributed by atoms with Gasteiger partial charge in [-0.1, -0.05) is 6.07 Å². The van der Waals surface area contributed by atoms with Crippen molar-refractivity contribution in [3.05, 3.63) is 74.8 Å². The SMILES string of the molecule is CN(Cc1ccc(Br)o1)C(=O)c1ccc(S(=O)(=O)NCc2cccs2)cc1. The molecule has 0 spiro atoms. The summed E-state index contributed by atoms with van der Waals surface area (Å²) in [4.78, 5) is 15.1. The zero-order valence-electron chi connectivity index (χ0n) is 14.4. The maximum atomic E-state index is 12.5. The molecule has 2 aromatic heterocycles. The van der Waals surface area contributed by atoms with Crippen molar-refractivity contribution < 1.29 is 17.6 Å². The first kappa shape index (κ1) is 19.8. The normalized spacial score (nSPS) is 11.5. The van der Waals surface area contributed by atoms with Crippen molar-refractivity contribution in [2.75, 3.05) is 7.05 Å². The highest BCUT2D eigenvalue weighted by atomic mass is 79.9. The molecule has 6 nitrogen and oxygen atoms in total. The summed E-state index contributed by atoms with van der Waals surface area (Å²) in [5, 5.41) is 1.89. The number of nitrogens with one attached hydrogen (secondary N) is 1. The summed E-state index contributed by atoms with van der Waals surface area (Å²) in [5.41, 5.74) is 0.403. The third-order valence-electron chi connectivity index (χ3n) is 3.80. The van der Waals surface area contributed by atoms with Crippen molar-refractivity contribution in [2.24, 2.45) is 0 Å². The van der Waals surface area contributed by atoms with Crippen LogP contribution in [0.5, 0.6) is 0 Å². The predicted molar refractivity (Wildman–Crippen MR) is 107 cm³/mol. The van der Waals surface area contributed by atoms with Gasteiger partial charge in [0.15, 0.2) is 4.67 Å². The average Bonchev–Trinajstić information content (AvgIpc) is 3.31. The van der Waals surface area contributed by atoms with Gasteiger partial charge in [-0.05, 0) is 63.8 Å². The van der Waals surface area contributed by atoms with Gasteiger partial charge in [0, 0.05) is 24.0 Å². The summed E-state index contributed by atoms with van der Waals surface area (Å²) < 4.78 is 33.3. The number of hydrogen-bond acceptors (Lipinski definition) is 5.